The molecule has 0 unspecified atom stereocenters. The highest BCUT2D eigenvalue weighted by atomic mass is 32.2. The summed E-state index contributed by atoms with van der Waals surface area (Å²) in [6.07, 6.45) is 0. The first-order valence-electron chi connectivity index (χ1n) is 7.42. The van der Waals surface area contributed by atoms with Crippen LogP contribution in [0.2, 0.25) is 0 Å². The van der Waals surface area contributed by atoms with Crippen LogP contribution in [0.15, 0.2) is 53.4 Å². The molecule has 2 aromatic rings. The van der Waals surface area contributed by atoms with Gasteiger partial charge in [0.05, 0.1) is 16.1 Å². The van der Waals surface area contributed by atoms with Crippen LogP contribution in [0.4, 0.5) is 5.69 Å². The van der Waals surface area contributed by atoms with Gasteiger partial charge in [-0.15, -0.1) is 0 Å². The van der Waals surface area contributed by atoms with E-state index in [0.717, 1.165) is 4.31 Å². The Hall–Kier alpha value is -2.71. The van der Waals surface area contributed by atoms with Gasteiger partial charge in [0.25, 0.3) is 11.8 Å². The van der Waals surface area contributed by atoms with E-state index >= 15 is 0 Å². The van der Waals surface area contributed by atoms with E-state index in [4.69, 9.17) is 0 Å². The van der Waals surface area contributed by atoms with Gasteiger partial charge in [-0.1, -0.05) is 12.1 Å². The van der Waals surface area contributed by atoms with Crippen molar-refractivity contribution >= 4 is 27.5 Å². The molecule has 2 rings (SSSR count). The molecule has 2 amide bonds. The fraction of sp³-hybridized carbons (Fsp3) is 0.176. The number of amides is 2. The fourth-order valence-electron chi connectivity index (χ4n) is 2.11. The molecule has 0 aliphatic carbocycles. The molecule has 0 aromatic heterocycles. The van der Waals surface area contributed by atoms with Crippen molar-refractivity contribution in [1.29, 1.82) is 0 Å². The zero-order chi connectivity index (χ0) is 18.6. The van der Waals surface area contributed by atoms with Crippen molar-refractivity contribution in [3.8, 4) is 0 Å². The Morgan fingerprint density at radius 2 is 1.52 bits per heavy atom. The third kappa shape index (κ3) is 4.04. The van der Waals surface area contributed by atoms with Gasteiger partial charge >= 0.3 is 0 Å². The van der Waals surface area contributed by atoms with E-state index in [1.165, 1.54) is 45.4 Å². The summed E-state index contributed by atoms with van der Waals surface area (Å²) in [6.45, 7) is 0. The lowest BCUT2D eigenvalue weighted by molar-refractivity contribution is 0.0964. The van der Waals surface area contributed by atoms with Crippen molar-refractivity contribution in [2.45, 2.75) is 4.90 Å². The molecule has 25 heavy (non-hydrogen) atoms. The highest BCUT2D eigenvalue weighted by Crippen LogP contribution is 2.18. The second-order valence-corrected chi connectivity index (χ2v) is 7.54. The van der Waals surface area contributed by atoms with Crippen LogP contribution in [0.5, 0.6) is 0 Å². The Morgan fingerprint density at radius 1 is 0.920 bits per heavy atom. The zero-order valence-electron chi connectivity index (χ0n) is 14.1. The van der Waals surface area contributed by atoms with Crippen LogP contribution < -0.4 is 10.6 Å². The van der Waals surface area contributed by atoms with Crippen LogP contribution in [-0.4, -0.2) is 45.7 Å². The number of nitrogens with zero attached hydrogens (tertiary/aromatic N) is 1. The first-order valence-corrected chi connectivity index (χ1v) is 8.86. The summed E-state index contributed by atoms with van der Waals surface area (Å²) in [4.78, 5) is 24.3. The van der Waals surface area contributed by atoms with Crippen LogP contribution in [0.1, 0.15) is 20.7 Å². The second-order valence-electron chi connectivity index (χ2n) is 5.39. The minimum absolute atomic E-state index is 0.0970. The van der Waals surface area contributed by atoms with E-state index in [1.54, 1.807) is 24.3 Å². The summed E-state index contributed by atoms with van der Waals surface area (Å²) in [5.74, 6) is -0.756. The third-order valence-corrected chi connectivity index (χ3v) is 5.37. The number of para-hydroxylation sites is 1. The van der Waals surface area contributed by atoms with Crippen molar-refractivity contribution < 1.29 is 18.0 Å². The summed E-state index contributed by atoms with van der Waals surface area (Å²) in [5.41, 5.74) is 0.992. The fourth-order valence-corrected chi connectivity index (χ4v) is 3.01. The lowest BCUT2D eigenvalue weighted by Gasteiger charge is -2.12. The molecule has 0 atom stereocenters. The third-order valence-electron chi connectivity index (χ3n) is 3.54. The van der Waals surface area contributed by atoms with Crippen LogP contribution in [0.25, 0.3) is 0 Å². The van der Waals surface area contributed by atoms with E-state index < -0.39 is 15.9 Å². The number of sulfonamides is 1. The van der Waals surface area contributed by atoms with Crippen LogP contribution in [-0.2, 0) is 10.0 Å². The maximum atomic E-state index is 12.4. The predicted molar refractivity (Wildman–Crippen MR) is 95.1 cm³/mol. The van der Waals surface area contributed by atoms with Crippen LogP contribution in [0.3, 0.4) is 0 Å². The number of hydrogen-bond acceptors (Lipinski definition) is 4. The average Bonchev–Trinajstić information content (AvgIpc) is 2.61. The van der Waals surface area contributed by atoms with E-state index in [9.17, 15) is 18.0 Å². The molecular weight excluding hydrogens is 342 g/mol. The molecule has 0 fully saturated rings. The minimum Gasteiger partial charge on any atom is -0.355 e. The van der Waals surface area contributed by atoms with E-state index in [1.807, 2.05) is 0 Å². The number of rotatable bonds is 5. The van der Waals surface area contributed by atoms with E-state index in [0.29, 0.717) is 11.3 Å². The lowest BCUT2D eigenvalue weighted by atomic mass is 10.1. The first kappa shape index (κ1) is 18.6. The van der Waals surface area contributed by atoms with Gasteiger partial charge in [-0.25, -0.2) is 12.7 Å². The maximum Gasteiger partial charge on any atom is 0.255 e. The van der Waals surface area contributed by atoms with Crippen molar-refractivity contribution in [3.63, 3.8) is 0 Å². The molecule has 0 bridgehead atoms. The monoisotopic (exact) mass is 361 g/mol. The first-order chi connectivity index (χ1) is 11.8. The highest BCUT2D eigenvalue weighted by molar-refractivity contribution is 7.89. The molecule has 0 aliphatic heterocycles. The lowest BCUT2D eigenvalue weighted by Crippen LogP contribution is -2.23. The Morgan fingerprint density at radius 3 is 2.08 bits per heavy atom. The topological polar surface area (TPSA) is 95.6 Å². The summed E-state index contributed by atoms with van der Waals surface area (Å²) in [6, 6.07) is 12.2. The average molecular weight is 361 g/mol. The Bertz CT molecular complexity index is 890. The molecule has 0 saturated carbocycles. The summed E-state index contributed by atoms with van der Waals surface area (Å²) >= 11 is 0. The summed E-state index contributed by atoms with van der Waals surface area (Å²) in [7, 11) is 0.826. The van der Waals surface area contributed by atoms with Crippen LogP contribution in [0, 0.1) is 0 Å². The Labute approximate surface area is 146 Å². The van der Waals surface area contributed by atoms with Crippen molar-refractivity contribution in [3.05, 3.63) is 59.7 Å². The van der Waals surface area contributed by atoms with Gasteiger partial charge in [-0.05, 0) is 36.4 Å². The molecule has 0 aliphatic rings. The highest BCUT2D eigenvalue weighted by Gasteiger charge is 2.18. The van der Waals surface area contributed by atoms with Crippen molar-refractivity contribution in [1.82, 2.24) is 9.62 Å². The molecule has 2 aromatic carbocycles. The quantitative estimate of drug-likeness (QED) is 0.845. The summed E-state index contributed by atoms with van der Waals surface area (Å²) in [5, 5.41) is 5.17. The van der Waals surface area contributed by atoms with Gasteiger partial charge < -0.3 is 10.6 Å². The summed E-state index contributed by atoms with van der Waals surface area (Å²) < 4.78 is 25.2. The van der Waals surface area contributed by atoms with Gasteiger partial charge in [0, 0.05) is 26.7 Å². The minimum atomic E-state index is -3.55. The molecule has 2 N–H and O–H groups in total. The van der Waals surface area contributed by atoms with E-state index in [2.05, 4.69) is 10.6 Å². The molecule has 7 nitrogen and oxygen atoms in total. The molecule has 8 heteroatoms. The van der Waals surface area contributed by atoms with Crippen LogP contribution >= 0.6 is 0 Å². The number of hydrogen-bond donors (Lipinski definition) is 2. The molecule has 0 radical (unpaired) electrons. The largest absolute Gasteiger partial charge is 0.355 e. The van der Waals surface area contributed by atoms with Gasteiger partial charge in [-0.2, -0.15) is 0 Å². The SMILES string of the molecule is CNC(=O)c1ccccc1NC(=O)c1ccc(S(=O)(=O)N(C)C)cc1. The van der Waals surface area contributed by atoms with Gasteiger partial charge in [-0.3, -0.25) is 9.59 Å². The van der Waals surface area contributed by atoms with Gasteiger partial charge in [0.1, 0.15) is 0 Å². The standard InChI is InChI=1S/C17H19N3O4S/c1-18-17(22)14-6-4-5-7-15(14)19-16(21)12-8-10-13(11-9-12)25(23,24)20(2)3/h4-11H,1-3H3,(H,18,22)(H,19,21). The smallest absolute Gasteiger partial charge is 0.255 e. The second kappa shape index (κ2) is 7.45. The number of carbonyl (C=O) groups is 2. The molecule has 0 saturated heterocycles. The number of nitrogens with one attached hydrogen (secondary N) is 2. The number of carbonyl (C=O) groups excluding carboxylic acids is 2. The molecule has 132 valence electrons. The normalized spacial score (nSPS) is 11.2. The van der Waals surface area contributed by atoms with Crippen molar-refractivity contribution in [2.24, 2.45) is 0 Å². The molecular formula is C17H19N3O4S. The Balaban J connectivity index is 2.25. The number of anilines is 1. The predicted octanol–water partition coefficient (Wildman–Crippen LogP) is 1.55. The maximum absolute atomic E-state index is 12.4. The number of benzene rings is 2. The molecule has 0 spiro atoms. The van der Waals surface area contributed by atoms with Gasteiger partial charge in [0.2, 0.25) is 10.0 Å². The zero-order valence-corrected chi connectivity index (χ0v) is 14.9. The van der Waals surface area contributed by atoms with Crippen molar-refractivity contribution in [2.75, 3.05) is 26.5 Å². The Kier molecular flexibility index (Phi) is 5.55. The molecule has 0 heterocycles. The van der Waals surface area contributed by atoms with E-state index in [-0.39, 0.29) is 16.4 Å². The van der Waals surface area contributed by atoms with Gasteiger partial charge in [0.15, 0.2) is 0 Å².